The van der Waals surface area contributed by atoms with E-state index in [4.69, 9.17) is 0 Å². The monoisotopic (exact) mass is 269 g/mol. The van der Waals surface area contributed by atoms with Crippen LogP contribution in [0.5, 0.6) is 0 Å². The Morgan fingerprint density at radius 3 is 1.90 bits per heavy atom. The first-order valence-electron chi connectivity index (χ1n) is 4.06. The maximum absolute atomic E-state index is 2.27. The number of halogens is 1. The fraction of sp³-hybridized carbons (Fsp3) is 1.00. The Morgan fingerprint density at radius 1 is 0.900 bits per heavy atom. The number of rotatable bonds is 6. The Hall–Kier alpha value is 1.09. The summed E-state index contributed by atoms with van der Waals surface area (Å²) in [5.74, 6) is 0. The van der Waals surface area contributed by atoms with Crippen molar-refractivity contribution in [3.8, 4) is 0 Å². The fourth-order valence-electron chi connectivity index (χ4n) is 0.905. The quantitative estimate of drug-likeness (QED) is 0.512. The molecule has 2 heteroatoms. The number of hydrogen-bond donors (Lipinski definition) is 0. The molecule has 0 aromatic carbocycles. The molecule has 0 fully saturated rings. The molecule has 0 bridgehead atoms. The molecular formula is C8H18ClSn. The van der Waals surface area contributed by atoms with Gasteiger partial charge in [0.05, 0.1) is 0 Å². The van der Waals surface area contributed by atoms with Gasteiger partial charge in [0.2, 0.25) is 0 Å². The van der Waals surface area contributed by atoms with Crippen molar-refractivity contribution >= 4 is 34.9 Å². The molecule has 0 aromatic rings. The summed E-state index contributed by atoms with van der Waals surface area (Å²) < 4.78 is 1.46. The van der Waals surface area contributed by atoms with Gasteiger partial charge in [-0.15, -0.1) is 12.4 Å². The van der Waals surface area contributed by atoms with E-state index < -0.39 is 0 Å². The molecule has 0 aromatic heterocycles. The van der Waals surface area contributed by atoms with Crippen LogP contribution in [0.1, 0.15) is 45.4 Å². The van der Waals surface area contributed by atoms with Crippen LogP contribution in [0.15, 0.2) is 0 Å². The molecule has 0 atom stereocenters. The molecule has 0 nitrogen and oxygen atoms in total. The summed E-state index contributed by atoms with van der Waals surface area (Å²) in [5, 5.41) is 0. The second-order valence-corrected chi connectivity index (χ2v) is 3.94. The average molecular weight is 268 g/mol. The summed E-state index contributed by atoms with van der Waals surface area (Å²) in [6.45, 7) is 2.27. The summed E-state index contributed by atoms with van der Waals surface area (Å²) in [4.78, 5) is 0. The standard InChI is InChI=1S/C8H17.ClH.Sn/c1-3-5-7-8-6-4-2;;/h1,3-8H2,2H3;1H;. The van der Waals surface area contributed by atoms with Crippen LogP contribution in [0.4, 0.5) is 0 Å². The third-order valence-corrected chi connectivity index (χ3v) is 2.54. The van der Waals surface area contributed by atoms with Crippen molar-refractivity contribution in [2.45, 2.75) is 49.9 Å². The second-order valence-electron chi connectivity index (χ2n) is 2.52. The second kappa shape index (κ2) is 12.7. The van der Waals surface area contributed by atoms with Crippen LogP contribution in [0.25, 0.3) is 0 Å². The van der Waals surface area contributed by atoms with E-state index in [1.54, 1.807) is 22.5 Å². The summed E-state index contributed by atoms with van der Waals surface area (Å²) >= 11 is 1.71. The molecule has 0 saturated carbocycles. The van der Waals surface area contributed by atoms with E-state index in [0.717, 1.165) is 0 Å². The van der Waals surface area contributed by atoms with Crippen molar-refractivity contribution in [2.24, 2.45) is 0 Å². The van der Waals surface area contributed by atoms with E-state index in [-0.39, 0.29) is 12.4 Å². The Bertz CT molecular complexity index is 42.5. The summed E-state index contributed by atoms with van der Waals surface area (Å²) in [6, 6.07) is 0. The van der Waals surface area contributed by atoms with E-state index >= 15 is 0 Å². The van der Waals surface area contributed by atoms with Crippen LogP contribution in [-0.4, -0.2) is 22.5 Å². The van der Waals surface area contributed by atoms with Crippen molar-refractivity contribution in [3.63, 3.8) is 0 Å². The van der Waals surface area contributed by atoms with Gasteiger partial charge in [-0.2, -0.15) is 0 Å². The smallest absolute Gasteiger partial charge is 0.147 e. The van der Waals surface area contributed by atoms with Gasteiger partial charge in [0.25, 0.3) is 0 Å². The minimum atomic E-state index is 0. The van der Waals surface area contributed by atoms with Gasteiger partial charge in [-0.05, 0) is 0 Å². The zero-order chi connectivity index (χ0) is 6.95. The summed E-state index contributed by atoms with van der Waals surface area (Å²) in [7, 11) is 0. The van der Waals surface area contributed by atoms with Gasteiger partial charge in [0.1, 0.15) is 0 Å². The molecule has 0 amide bonds. The molecule has 3 radical (unpaired) electrons. The molecule has 0 aliphatic rings. The van der Waals surface area contributed by atoms with Gasteiger partial charge in [0.15, 0.2) is 0 Å². The van der Waals surface area contributed by atoms with Crippen molar-refractivity contribution < 1.29 is 0 Å². The van der Waals surface area contributed by atoms with Crippen LogP contribution in [0.3, 0.4) is 0 Å². The zero-order valence-corrected chi connectivity index (χ0v) is 10.5. The molecule has 0 aliphatic carbocycles. The molecule has 0 unspecified atom stereocenters. The van der Waals surface area contributed by atoms with E-state index in [1.807, 2.05) is 0 Å². The Labute approximate surface area is 84.7 Å². The van der Waals surface area contributed by atoms with E-state index in [9.17, 15) is 0 Å². The maximum Gasteiger partial charge on any atom is -0.147 e. The first-order chi connectivity index (χ1) is 4.41. The Morgan fingerprint density at radius 2 is 1.40 bits per heavy atom. The summed E-state index contributed by atoms with van der Waals surface area (Å²) in [6.07, 6.45) is 8.71. The van der Waals surface area contributed by atoms with Gasteiger partial charge in [0, 0.05) is 0 Å². The molecule has 0 rings (SSSR count). The molecule has 0 spiro atoms. The van der Waals surface area contributed by atoms with E-state index in [1.165, 1.54) is 43.0 Å². The third-order valence-electron chi connectivity index (χ3n) is 1.53. The van der Waals surface area contributed by atoms with Crippen molar-refractivity contribution in [2.75, 3.05) is 0 Å². The first kappa shape index (κ1) is 13.7. The van der Waals surface area contributed by atoms with Crippen LogP contribution in [-0.2, 0) is 0 Å². The molecule has 10 heavy (non-hydrogen) atoms. The molecule has 0 heterocycles. The predicted octanol–water partition coefficient (Wildman–Crippen LogP) is 3.36. The van der Waals surface area contributed by atoms with Crippen LogP contribution in [0, 0.1) is 0 Å². The van der Waals surface area contributed by atoms with Crippen molar-refractivity contribution in [3.05, 3.63) is 0 Å². The van der Waals surface area contributed by atoms with Crippen LogP contribution < -0.4 is 0 Å². The van der Waals surface area contributed by atoms with Crippen molar-refractivity contribution in [1.82, 2.24) is 0 Å². The maximum atomic E-state index is 2.27. The van der Waals surface area contributed by atoms with Gasteiger partial charge < -0.3 is 0 Å². The largest absolute Gasteiger partial charge is 0.147 e. The van der Waals surface area contributed by atoms with Gasteiger partial charge in [-0.1, -0.05) is 0 Å². The molecule has 61 valence electrons. The molecule has 0 aliphatic heterocycles. The molecule has 0 N–H and O–H groups in total. The number of hydrogen-bond acceptors (Lipinski definition) is 0. The third kappa shape index (κ3) is 11.8. The average Bonchev–Trinajstić information content (AvgIpc) is 1.89. The minimum absolute atomic E-state index is 0. The van der Waals surface area contributed by atoms with Crippen LogP contribution >= 0.6 is 12.4 Å². The van der Waals surface area contributed by atoms with Gasteiger partial charge in [-0.3, -0.25) is 0 Å². The molecular weight excluding hydrogens is 250 g/mol. The predicted molar refractivity (Wildman–Crippen MR) is 51.2 cm³/mol. The SMILES string of the molecule is CCCCCCC[CH2][Sn].Cl. The topological polar surface area (TPSA) is 0 Å². The van der Waals surface area contributed by atoms with E-state index in [0.29, 0.717) is 0 Å². The minimum Gasteiger partial charge on any atom is -0.147 e. The summed E-state index contributed by atoms with van der Waals surface area (Å²) in [5.41, 5.74) is 0. The van der Waals surface area contributed by atoms with Crippen LogP contribution in [0.2, 0.25) is 4.44 Å². The van der Waals surface area contributed by atoms with Gasteiger partial charge in [-0.25, -0.2) is 0 Å². The normalized spacial score (nSPS) is 9.00. The van der Waals surface area contributed by atoms with E-state index in [2.05, 4.69) is 6.92 Å². The first-order valence-corrected chi connectivity index (χ1v) is 6.08. The Balaban J connectivity index is 0. The zero-order valence-electron chi connectivity index (χ0n) is 6.86. The Kier molecular flexibility index (Phi) is 17.4. The van der Waals surface area contributed by atoms with Gasteiger partial charge >= 0.3 is 72.4 Å². The van der Waals surface area contributed by atoms with Crippen molar-refractivity contribution in [1.29, 1.82) is 0 Å². The molecule has 0 saturated heterocycles. The number of unbranched alkanes of at least 4 members (excludes halogenated alkanes) is 5. The fourth-order valence-corrected chi connectivity index (χ4v) is 1.62.